The summed E-state index contributed by atoms with van der Waals surface area (Å²) in [7, 11) is 3.75. The summed E-state index contributed by atoms with van der Waals surface area (Å²) in [5.41, 5.74) is 8.92. The van der Waals surface area contributed by atoms with Crippen molar-refractivity contribution in [2.75, 3.05) is 39.5 Å². The Hall–Kier alpha value is -5.37. The molecule has 6 aromatic rings. The molecule has 0 bridgehead atoms. The molecule has 0 saturated carbocycles. The lowest BCUT2D eigenvalue weighted by atomic mass is 10.0. The average molecular weight is 899 g/mol. The summed E-state index contributed by atoms with van der Waals surface area (Å²) in [6.45, 7) is 6.77. The van der Waals surface area contributed by atoms with E-state index in [0.29, 0.717) is 71.7 Å². The second-order valence-electron chi connectivity index (χ2n) is 15.1. The molecule has 2 aromatic heterocycles. The number of aromatic nitrogens is 2. The first-order chi connectivity index (χ1) is 29.2. The number of rotatable bonds is 8. The van der Waals surface area contributed by atoms with E-state index < -0.39 is 0 Å². The summed E-state index contributed by atoms with van der Waals surface area (Å²) in [6.07, 6.45) is 0.551. The van der Waals surface area contributed by atoms with Crippen LogP contribution in [0.25, 0.3) is 21.8 Å². The number of nitriles is 2. The summed E-state index contributed by atoms with van der Waals surface area (Å²) in [6, 6.07) is 22.7. The number of morpholine rings is 2. The van der Waals surface area contributed by atoms with Gasteiger partial charge in [-0.3, -0.25) is 14.4 Å². The Bertz CT molecular complexity index is 2850. The van der Waals surface area contributed by atoms with Crippen molar-refractivity contribution >= 4 is 85.8 Å². The molecule has 0 N–H and O–H groups in total. The molecule has 4 heterocycles. The van der Waals surface area contributed by atoms with Gasteiger partial charge in [0.2, 0.25) is 17.6 Å². The lowest BCUT2D eigenvalue weighted by Gasteiger charge is -2.27. The van der Waals surface area contributed by atoms with E-state index in [1.54, 1.807) is 51.7 Å². The van der Waals surface area contributed by atoms with Crippen LogP contribution in [0.3, 0.4) is 0 Å². The number of carbonyl (C=O) groups is 3. The van der Waals surface area contributed by atoms with E-state index in [2.05, 4.69) is 22.8 Å². The van der Waals surface area contributed by atoms with Crippen LogP contribution < -0.4 is 0 Å². The first kappa shape index (κ1) is 43.7. The molecule has 312 valence electrons. The monoisotopic (exact) mass is 896 g/mol. The molecule has 11 nitrogen and oxygen atoms in total. The molecular weight excluding hydrogens is 858 g/mol. The molecule has 4 aromatic carbocycles. The normalized spacial score (nSPS) is 14.3. The summed E-state index contributed by atoms with van der Waals surface area (Å²) >= 11 is 26.3. The topological polar surface area (TPSA) is 134 Å². The van der Waals surface area contributed by atoms with Crippen LogP contribution in [0.4, 0.5) is 0 Å². The maximum Gasteiger partial charge on any atom is 0.248 e. The van der Waals surface area contributed by atoms with E-state index in [4.69, 9.17) is 55.9 Å². The molecule has 15 heteroatoms. The van der Waals surface area contributed by atoms with Crippen molar-refractivity contribution in [2.24, 2.45) is 14.1 Å². The average Bonchev–Trinajstić information content (AvgIpc) is 3.75. The lowest BCUT2D eigenvalue weighted by Crippen LogP contribution is -2.41. The molecular formula is C46H40Cl4N6O5. The van der Waals surface area contributed by atoms with Crippen molar-refractivity contribution in [3.63, 3.8) is 0 Å². The highest BCUT2D eigenvalue weighted by Gasteiger charge is 2.26. The number of nitrogens with zero attached hydrogens (tertiary/aromatic N) is 6. The van der Waals surface area contributed by atoms with E-state index in [9.17, 15) is 24.9 Å². The van der Waals surface area contributed by atoms with Gasteiger partial charge in [-0.15, -0.1) is 0 Å². The molecule has 2 amide bonds. The zero-order valence-electron chi connectivity index (χ0n) is 33.9. The standard InChI is InChI=1S/C23H19Cl2N3O3.C23H21Cl2N3O2/c1-13-7-14(10-26)8-18-16(13)9-19(27(18)2)23(30)21-17(24)4-3-15(22(21)25)11-28-5-6-31-12-20(28)29;1-14-7-15(11-26)8-21-18(14)9-17(27(21)2)10-19-20(24)4-3-16(23(19)25)12-28-5-6-30-13-22(28)29/h3-4,7-9H,5-6,11-12H2,1-2H3;3-4,7-9H,5-6,10,12-13H2,1-2H3. The van der Waals surface area contributed by atoms with Gasteiger partial charge in [-0.05, 0) is 90.2 Å². The highest BCUT2D eigenvalue weighted by atomic mass is 35.5. The maximum absolute atomic E-state index is 13.5. The Labute approximate surface area is 373 Å². The summed E-state index contributed by atoms with van der Waals surface area (Å²) in [5.74, 6) is -0.476. The van der Waals surface area contributed by atoms with Crippen LogP contribution in [0.15, 0.2) is 60.7 Å². The lowest BCUT2D eigenvalue weighted by molar-refractivity contribution is -0.144. The van der Waals surface area contributed by atoms with Crippen molar-refractivity contribution in [1.82, 2.24) is 18.9 Å². The van der Waals surface area contributed by atoms with E-state index in [-0.39, 0.29) is 53.0 Å². The minimum atomic E-state index is -0.318. The first-order valence-electron chi connectivity index (χ1n) is 19.4. The number of aryl methyl sites for hydroxylation is 4. The Morgan fingerprint density at radius 1 is 0.689 bits per heavy atom. The molecule has 2 fully saturated rings. The van der Waals surface area contributed by atoms with Crippen LogP contribution in [0.5, 0.6) is 0 Å². The molecule has 0 spiro atoms. The van der Waals surface area contributed by atoms with Crippen molar-refractivity contribution in [2.45, 2.75) is 33.4 Å². The third-order valence-corrected chi connectivity index (χ3v) is 12.8. The second kappa shape index (κ2) is 18.3. The van der Waals surface area contributed by atoms with Gasteiger partial charge in [0, 0.05) is 79.2 Å². The van der Waals surface area contributed by atoms with E-state index in [1.807, 2.05) is 45.2 Å². The highest BCUT2D eigenvalue weighted by molar-refractivity contribution is 6.41. The predicted octanol–water partition coefficient (Wildman–Crippen LogP) is 8.87. The third-order valence-electron chi connectivity index (χ3n) is 11.2. The summed E-state index contributed by atoms with van der Waals surface area (Å²) in [5, 5.41) is 22.2. The van der Waals surface area contributed by atoms with Gasteiger partial charge in [-0.25, -0.2) is 0 Å². The summed E-state index contributed by atoms with van der Waals surface area (Å²) in [4.78, 5) is 41.1. The molecule has 0 aliphatic carbocycles. The van der Waals surface area contributed by atoms with E-state index in [0.717, 1.165) is 49.8 Å². The largest absolute Gasteiger partial charge is 0.370 e. The number of amides is 2. The molecule has 2 saturated heterocycles. The minimum absolute atomic E-state index is 0.0359. The van der Waals surface area contributed by atoms with E-state index >= 15 is 0 Å². The van der Waals surface area contributed by atoms with Crippen molar-refractivity contribution in [3.05, 3.63) is 137 Å². The second-order valence-corrected chi connectivity index (χ2v) is 16.7. The van der Waals surface area contributed by atoms with Crippen molar-refractivity contribution in [3.8, 4) is 12.1 Å². The van der Waals surface area contributed by atoms with Gasteiger partial charge in [0.1, 0.15) is 13.2 Å². The van der Waals surface area contributed by atoms with Crippen molar-refractivity contribution < 1.29 is 23.9 Å². The Balaban J connectivity index is 0.000000184. The number of halogens is 4. The number of hydrogen-bond acceptors (Lipinski definition) is 7. The SMILES string of the molecule is Cc1cc(C#N)cc2c1cc(C(=O)c1c(Cl)ccc(CN3CCOCC3=O)c1Cl)n2C.Cc1cc(C#N)cc2c1cc(Cc1c(Cl)ccc(CN3CCOCC3=O)c1Cl)n2C. The van der Waals surface area contributed by atoms with Gasteiger partial charge < -0.3 is 28.4 Å². The molecule has 0 atom stereocenters. The van der Waals surface area contributed by atoms with E-state index in [1.165, 1.54) is 0 Å². The van der Waals surface area contributed by atoms with Gasteiger partial charge >= 0.3 is 0 Å². The fraction of sp³-hybridized carbons (Fsp3) is 0.283. The van der Waals surface area contributed by atoms with Crippen LogP contribution in [0, 0.1) is 36.5 Å². The number of fused-ring (bicyclic) bond motifs is 2. The molecule has 2 aliphatic heterocycles. The van der Waals surface area contributed by atoms with Crippen LogP contribution in [-0.2, 0) is 52.7 Å². The Morgan fingerprint density at radius 3 is 1.74 bits per heavy atom. The zero-order valence-corrected chi connectivity index (χ0v) is 36.9. The number of carbonyl (C=O) groups excluding carboxylic acids is 3. The fourth-order valence-corrected chi connectivity index (χ4v) is 8.97. The first-order valence-corrected chi connectivity index (χ1v) is 20.9. The van der Waals surface area contributed by atoms with Crippen LogP contribution in [0.2, 0.25) is 20.1 Å². The number of benzene rings is 4. The quantitative estimate of drug-likeness (QED) is 0.139. The summed E-state index contributed by atoms with van der Waals surface area (Å²) < 4.78 is 14.2. The number of ether oxygens (including phenoxy) is 2. The van der Waals surface area contributed by atoms with Crippen LogP contribution >= 0.6 is 46.4 Å². The minimum Gasteiger partial charge on any atom is -0.370 e. The van der Waals surface area contributed by atoms with Crippen molar-refractivity contribution in [1.29, 1.82) is 10.5 Å². The molecule has 8 rings (SSSR count). The van der Waals surface area contributed by atoms with Gasteiger partial charge in [-0.2, -0.15) is 10.5 Å². The van der Waals surface area contributed by atoms with Crippen LogP contribution in [0.1, 0.15) is 60.7 Å². The van der Waals surface area contributed by atoms with Gasteiger partial charge in [0.05, 0.1) is 62.8 Å². The maximum atomic E-state index is 13.5. The Kier molecular flexibility index (Phi) is 13.1. The van der Waals surface area contributed by atoms with Crippen LogP contribution in [-0.4, -0.2) is 76.0 Å². The molecule has 0 radical (unpaired) electrons. The third kappa shape index (κ3) is 8.87. The fourth-order valence-electron chi connectivity index (χ4n) is 7.80. The molecule has 2 aliphatic rings. The zero-order chi connectivity index (χ0) is 43.7. The van der Waals surface area contributed by atoms with Gasteiger partial charge in [0.15, 0.2) is 0 Å². The van der Waals surface area contributed by atoms with Gasteiger partial charge in [-0.1, -0.05) is 58.5 Å². The van der Waals surface area contributed by atoms with Gasteiger partial charge in [0.25, 0.3) is 0 Å². The Morgan fingerprint density at radius 2 is 1.20 bits per heavy atom. The smallest absolute Gasteiger partial charge is 0.248 e. The molecule has 61 heavy (non-hydrogen) atoms. The predicted molar refractivity (Wildman–Crippen MR) is 236 cm³/mol. The number of hydrogen-bond donors (Lipinski definition) is 0. The molecule has 0 unspecified atom stereocenters. The number of ketones is 1. The highest BCUT2D eigenvalue weighted by Crippen LogP contribution is 2.35.